The molecule has 4 nitrogen and oxygen atoms in total. The fourth-order valence-electron chi connectivity index (χ4n) is 0.819. The molecule has 1 aliphatic rings. The molecule has 0 spiro atoms. The van der Waals surface area contributed by atoms with Crippen LogP contribution in [0.15, 0.2) is 11.8 Å². The Labute approximate surface area is 58.4 Å². The Morgan fingerprint density at radius 2 is 2.10 bits per heavy atom. The molecular weight excluding hydrogens is 136 g/mol. The van der Waals surface area contributed by atoms with E-state index < -0.39 is 18.5 Å². The average molecular weight is 146 g/mol. The van der Waals surface area contributed by atoms with Crippen molar-refractivity contribution in [3.8, 4) is 0 Å². The van der Waals surface area contributed by atoms with Gasteiger partial charge in [-0.05, 0) is 6.92 Å². The van der Waals surface area contributed by atoms with Crippen LogP contribution in [0.5, 0.6) is 0 Å². The van der Waals surface area contributed by atoms with Crippen molar-refractivity contribution < 1.29 is 20.1 Å². The van der Waals surface area contributed by atoms with E-state index in [1.807, 2.05) is 0 Å². The molecular formula is C6H10O4. The first kappa shape index (κ1) is 7.53. The zero-order chi connectivity index (χ0) is 7.72. The SMILES string of the molecule is C[C@H]1O[C@@H](O)C=C(O)[C@@H]1O. The fourth-order valence-corrected chi connectivity index (χ4v) is 0.819. The van der Waals surface area contributed by atoms with Gasteiger partial charge in [-0.1, -0.05) is 0 Å². The first-order chi connectivity index (χ1) is 4.61. The molecule has 0 unspecified atom stereocenters. The quantitative estimate of drug-likeness (QED) is 0.432. The molecule has 1 aliphatic heterocycles. The molecule has 0 amide bonds. The van der Waals surface area contributed by atoms with Crippen LogP contribution < -0.4 is 0 Å². The normalized spacial score (nSPS) is 41.1. The van der Waals surface area contributed by atoms with E-state index in [0.29, 0.717) is 0 Å². The fraction of sp³-hybridized carbons (Fsp3) is 0.667. The number of aliphatic hydroxyl groups is 3. The van der Waals surface area contributed by atoms with Crippen molar-refractivity contribution in [1.29, 1.82) is 0 Å². The first-order valence-corrected chi connectivity index (χ1v) is 3.03. The van der Waals surface area contributed by atoms with Gasteiger partial charge in [-0.25, -0.2) is 0 Å². The summed E-state index contributed by atoms with van der Waals surface area (Å²) in [6.45, 7) is 1.57. The Balaban J connectivity index is 2.71. The topological polar surface area (TPSA) is 69.9 Å². The Kier molecular flexibility index (Phi) is 1.94. The lowest BCUT2D eigenvalue weighted by Gasteiger charge is -2.25. The van der Waals surface area contributed by atoms with Crippen LogP contribution in [-0.2, 0) is 4.74 Å². The summed E-state index contributed by atoms with van der Waals surface area (Å²) in [4.78, 5) is 0. The van der Waals surface area contributed by atoms with Gasteiger partial charge in [0.1, 0.15) is 11.9 Å². The predicted molar refractivity (Wildman–Crippen MR) is 33.3 cm³/mol. The summed E-state index contributed by atoms with van der Waals surface area (Å²) < 4.78 is 4.74. The number of hydrogen-bond donors (Lipinski definition) is 3. The summed E-state index contributed by atoms with van der Waals surface area (Å²) in [5, 5.41) is 26.7. The molecule has 0 radical (unpaired) electrons. The van der Waals surface area contributed by atoms with Crippen LogP contribution in [0.4, 0.5) is 0 Å². The van der Waals surface area contributed by atoms with Gasteiger partial charge in [0.15, 0.2) is 6.29 Å². The Hall–Kier alpha value is -0.580. The van der Waals surface area contributed by atoms with Gasteiger partial charge in [-0.2, -0.15) is 0 Å². The second kappa shape index (κ2) is 2.57. The van der Waals surface area contributed by atoms with Crippen LogP contribution in [0.25, 0.3) is 0 Å². The maximum atomic E-state index is 9.01. The molecule has 3 atom stereocenters. The highest BCUT2D eigenvalue weighted by molar-refractivity contribution is 5.05. The Bertz CT molecular complexity index is 154. The van der Waals surface area contributed by atoms with E-state index in [1.54, 1.807) is 6.92 Å². The van der Waals surface area contributed by atoms with E-state index in [9.17, 15) is 0 Å². The minimum Gasteiger partial charge on any atom is -0.510 e. The predicted octanol–water partition coefficient (Wildman–Crippen LogP) is -0.474. The second-order valence-electron chi connectivity index (χ2n) is 2.27. The minimum absolute atomic E-state index is 0.230. The minimum atomic E-state index is -1.10. The number of hydrogen-bond acceptors (Lipinski definition) is 4. The van der Waals surface area contributed by atoms with E-state index in [0.717, 1.165) is 6.08 Å². The molecule has 4 heteroatoms. The van der Waals surface area contributed by atoms with Crippen LogP contribution in [0.3, 0.4) is 0 Å². The van der Waals surface area contributed by atoms with Crippen LogP contribution in [0.2, 0.25) is 0 Å². The molecule has 1 heterocycles. The van der Waals surface area contributed by atoms with E-state index in [-0.39, 0.29) is 5.76 Å². The standard InChI is InChI=1S/C6H10O4/c1-3-6(9)4(7)2-5(8)10-3/h2-3,5-9H,1H3/t3-,5-,6-/m1/s1. The molecule has 0 saturated carbocycles. The Morgan fingerprint density at radius 3 is 2.60 bits per heavy atom. The van der Waals surface area contributed by atoms with Crippen LogP contribution in [0, 0.1) is 0 Å². The summed E-state index contributed by atoms with van der Waals surface area (Å²) in [6.07, 6.45) is -1.60. The highest BCUT2D eigenvalue weighted by Crippen LogP contribution is 2.15. The van der Waals surface area contributed by atoms with Crippen molar-refractivity contribution in [2.45, 2.75) is 25.4 Å². The average Bonchev–Trinajstić information content (AvgIpc) is 1.82. The van der Waals surface area contributed by atoms with Gasteiger partial charge < -0.3 is 20.1 Å². The number of rotatable bonds is 0. The maximum absolute atomic E-state index is 9.01. The summed E-state index contributed by atoms with van der Waals surface area (Å²) >= 11 is 0. The van der Waals surface area contributed by atoms with Gasteiger partial charge in [0.25, 0.3) is 0 Å². The van der Waals surface area contributed by atoms with Gasteiger partial charge in [0.2, 0.25) is 0 Å². The third-order valence-corrected chi connectivity index (χ3v) is 1.42. The van der Waals surface area contributed by atoms with Crippen LogP contribution in [-0.4, -0.2) is 33.8 Å². The van der Waals surface area contributed by atoms with Crippen molar-refractivity contribution in [2.75, 3.05) is 0 Å². The van der Waals surface area contributed by atoms with E-state index in [4.69, 9.17) is 20.1 Å². The van der Waals surface area contributed by atoms with Crippen molar-refractivity contribution in [3.05, 3.63) is 11.8 Å². The molecule has 0 saturated heterocycles. The third-order valence-electron chi connectivity index (χ3n) is 1.42. The van der Waals surface area contributed by atoms with Gasteiger partial charge in [-0.15, -0.1) is 0 Å². The maximum Gasteiger partial charge on any atom is 0.178 e. The Morgan fingerprint density at radius 1 is 1.50 bits per heavy atom. The molecule has 0 fully saturated rings. The highest BCUT2D eigenvalue weighted by Gasteiger charge is 2.26. The largest absolute Gasteiger partial charge is 0.510 e. The molecule has 0 aromatic heterocycles. The smallest absolute Gasteiger partial charge is 0.178 e. The van der Waals surface area contributed by atoms with E-state index >= 15 is 0 Å². The molecule has 10 heavy (non-hydrogen) atoms. The lowest BCUT2D eigenvalue weighted by atomic mass is 10.1. The molecule has 0 aliphatic carbocycles. The van der Waals surface area contributed by atoms with Gasteiger partial charge >= 0.3 is 0 Å². The lowest BCUT2D eigenvalue weighted by molar-refractivity contribution is -0.147. The second-order valence-corrected chi connectivity index (χ2v) is 2.27. The van der Waals surface area contributed by atoms with Gasteiger partial charge in [0, 0.05) is 6.08 Å². The van der Waals surface area contributed by atoms with Gasteiger partial charge in [0.05, 0.1) is 6.10 Å². The zero-order valence-electron chi connectivity index (χ0n) is 5.56. The lowest BCUT2D eigenvalue weighted by Crippen LogP contribution is -2.36. The summed E-state index contributed by atoms with van der Waals surface area (Å²) in [6, 6.07) is 0. The van der Waals surface area contributed by atoms with E-state index in [2.05, 4.69) is 0 Å². The van der Waals surface area contributed by atoms with Crippen LogP contribution in [0.1, 0.15) is 6.92 Å². The monoisotopic (exact) mass is 146 g/mol. The van der Waals surface area contributed by atoms with E-state index in [1.165, 1.54) is 0 Å². The van der Waals surface area contributed by atoms with Crippen molar-refractivity contribution in [1.82, 2.24) is 0 Å². The van der Waals surface area contributed by atoms with Crippen molar-refractivity contribution in [2.24, 2.45) is 0 Å². The molecule has 3 N–H and O–H groups in total. The van der Waals surface area contributed by atoms with Crippen LogP contribution >= 0.6 is 0 Å². The summed E-state index contributed by atoms with van der Waals surface area (Å²) in [5.41, 5.74) is 0. The zero-order valence-corrected chi connectivity index (χ0v) is 5.56. The third kappa shape index (κ3) is 1.29. The first-order valence-electron chi connectivity index (χ1n) is 3.03. The molecule has 0 aromatic rings. The summed E-state index contributed by atoms with van der Waals surface area (Å²) in [7, 11) is 0. The highest BCUT2D eigenvalue weighted by atomic mass is 16.6. The van der Waals surface area contributed by atoms with Gasteiger partial charge in [-0.3, -0.25) is 0 Å². The molecule has 1 rings (SSSR count). The summed E-state index contributed by atoms with van der Waals surface area (Å²) in [5.74, 6) is -0.230. The number of aliphatic hydroxyl groups excluding tert-OH is 3. The molecule has 0 bridgehead atoms. The molecule has 58 valence electrons. The molecule has 0 aromatic carbocycles. The van der Waals surface area contributed by atoms with Crippen molar-refractivity contribution >= 4 is 0 Å². The number of ether oxygens (including phenoxy) is 1. The van der Waals surface area contributed by atoms with Crippen molar-refractivity contribution in [3.63, 3.8) is 0 Å².